The Balaban J connectivity index is 2.53. The Morgan fingerprint density at radius 3 is 2.80 bits per heavy atom. The smallest absolute Gasteiger partial charge is 0.126 e. The number of hydrogen-bond donors (Lipinski definition) is 0. The standard InChI is InChI=1S/C12H15BrClF/c1-2-3-10(13)5-4-9-8-11(14)6-7-12(9)15/h6-8,10H,2-5H2,1H3. The van der Waals surface area contributed by atoms with Crippen molar-refractivity contribution >= 4 is 27.5 Å². The van der Waals surface area contributed by atoms with Crippen LogP contribution in [0.3, 0.4) is 0 Å². The van der Waals surface area contributed by atoms with Gasteiger partial charge in [-0.1, -0.05) is 40.9 Å². The minimum atomic E-state index is -0.157. The van der Waals surface area contributed by atoms with Crippen molar-refractivity contribution in [3.8, 4) is 0 Å². The van der Waals surface area contributed by atoms with E-state index in [4.69, 9.17) is 11.6 Å². The van der Waals surface area contributed by atoms with E-state index < -0.39 is 0 Å². The number of aryl methyl sites for hydroxylation is 1. The molecule has 0 aliphatic heterocycles. The molecular weight excluding hydrogens is 278 g/mol. The molecular formula is C12H15BrClF. The van der Waals surface area contributed by atoms with Crippen molar-refractivity contribution in [2.45, 2.75) is 37.4 Å². The van der Waals surface area contributed by atoms with E-state index in [0.29, 0.717) is 15.4 Å². The summed E-state index contributed by atoms with van der Waals surface area (Å²) in [6.07, 6.45) is 3.96. The van der Waals surface area contributed by atoms with Crippen LogP contribution in [0.15, 0.2) is 18.2 Å². The molecule has 1 aromatic carbocycles. The molecule has 1 aromatic rings. The Kier molecular flexibility index (Phi) is 5.62. The number of rotatable bonds is 5. The van der Waals surface area contributed by atoms with Gasteiger partial charge in [0.2, 0.25) is 0 Å². The van der Waals surface area contributed by atoms with E-state index in [2.05, 4.69) is 22.9 Å². The molecule has 84 valence electrons. The molecule has 0 heterocycles. The minimum absolute atomic E-state index is 0.157. The predicted molar refractivity (Wildman–Crippen MR) is 67.4 cm³/mol. The van der Waals surface area contributed by atoms with Crippen molar-refractivity contribution in [1.82, 2.24) is 0 Å². The van der Waals surface area contributed by atoms with Gasteiger partial charge >= 0.3 is 0 Å². The van der Waals surface area contributed by atoms with Crippen molar-refractivity contribution in [3.63, 3.8) is 0 Å². The molecule has 0 aromatic heterocycles. The fourth-order valence-corrected chi connectivity index (χ4v) is 2.39. The molecule has 1 atom stereocenters. The fourth-order valence-electron chi connectivity index (χ4n) is 1.50. The second-order valence-electron chi connectivity index (χ2n) is 3.66. The average Bonchev–Trinajstić information content (AvgIpc) is 2.20. The van der Waals surface area contributed by atoms with Crippen LogP contribution in [0, 0.1) is 5.82 Å². The van der Waals surface area contributed by atoms with Gasteiger partial charge in [0.05, 0.1) is 0 Å². The van der Waals surface area contributed by atoms with Gasteiger partial charge in [-0.2, -0.15) is 0 Å². The molecule has 0 bridgehead atoms. The third-order valence-electron chi connectivity index (χ3n) is 2.34. The van der Waals surface area contributed by atoms with Crippen molar-refractivity contribution in [1.29, 1.82) is 0 Å². The van der Waals surface area contributed by atoms with Crippen molar-refractivity contribution < 1.29 is 4.39 Å². The van der Waals surface area contributed by atoms with E-state index >= 15 is 0 Å². The molecule has 1 unspecified atom stereocenters. The zero-order chi connectivity index (χ0) is 11.3. The number of hydrogen-bond acceptors (Lipinski definition) is 0. The molecule has 0 saturated heterocycles. The van der Waals surface area contributed by atoms with Gasteiger partial charge in [-0.25, -0.2) is 4.39 Å². The lowest BCUT2D eigenvalue weighted by molar-refractivity contribution is 0.598. The molecule has 1 rings (SSSR count). The van der Waals surface area contributed by atoms with E-state index in [1.807, 2.05) is 0 Å². The zero-order valence-corrected chi connectivity index (χ0v) is 11.1. The molecule has 0 saturated carbocycles. The van der Waals surface area contributed by atoms with Crippen LogP contribution in [0.25, 0.3) is 0 Å². The van der Waals surface area contributed by atoms with Crippen LogP contribution in [0.4, 0.5) is 4.39 Å². The summed E-state index contributed by atoms with van der Waals surface area (Å²) >= 11 is 9.40. The Morgan fingerprint density at radius 2 is 2.13 bits per heavy atom. The quantitative estimate of drug-likeness (QED) is 0.672. The largest absolute Gasteiger partial charge is 0.207 e. The Bertz CT molecular complexity index is 314. The molecule has 3 heteroatoms. The number of benzene rings is 1. The maximum atomic E-state index is 13.3. The molecule has 15 heavy (non-hydrogen) atoms. The highest BCUT2D eigenvalue weighted by Crippen LogP contribution is 2.20. The lowest BCUT2D eigenvalue weighted by Crippen LogP contribution is -2.01. The molecule has 0 aliphatic carbocycles. The van der Waals surface area contributed by atoms with E-state index in [9.17, 15) is 4.39 Å². The van der Waals surface area contributed by atoms with Crippen LogP contribution in [0.5, 0.6) is 0 Å². The van der Waals surface area contributed by atoms with Gasteiger partial charge in [0.25, 0.3) is 0 Å². The number of alkyl halides is 1. The highest BCUT2D eigenvalue weighted by molar-refractivity contribution is 9.09. The summed E-state index contributed by atoms with van der Waals surface area (Å²) in [5.41, 5.74) is 0.711. The maximum absolute atomic E-state index is 13.3. The van der Waals surface area contributed by atoms with Gasteiger partial charge < -0.3 is 0 Å². The monoisotopic (exact) mass is 292 g/mol. The van der Waals surface area contributed by atoms with E-state index in [1.54, 1.807) is 12.1 Å². The van der Waals surface area contributed by atoms with Crippen molar-refractivity contribution in [2.24, 2.45) is 0 Å². The lowest BCUT2D eigenvalue weighted by atomic mass is 10.1. The first kappa shape index (κ1) is 13.0. The Morgan fingerprint density at radius 1 is 1.40 bits per heavy atom. The first-order valence-electron chi connectivity index (χ1n) is 5.21. The van der Waals surface area contributed by atoms with Crippen LogP contribution < -0.4 is 0 Å². The molecule has 0 spiro atoms. The predicted octanol–water partition coefficient (Wildman–Crippen LogP) is 4.98. The highest BCUT2D eigenvalue weighted by atomic mass is 79.9. The van der Waals surface area contributed by atoms with Gasteiger partial charge in [-0.05, 0) is 43.0 Å². The molecule has 0 fully saturated rings. The molecule has 0 nitrogen and oxygen atoms in total. The summed E-state index contributed by atoms with van der Waals surface area (Å²) in [6.45, 7) is 2.15. The second kappa shape index (κ2) is 6.49. The summed E-state index contributed by atoms with van der Waals surface area (Å²) in [4.78, 5) is 0.473. The van der Waals surface area contributed by atoms with Crippen molar-refractivity contribution in [2.75, 3.05) is 0 Å². The first-order chi connectivity index (χ1) is 7.13. The normalized spacial score (nSPS) is 12.8. The topological polar surface area (TPSA) is 0 Å². The first-order valence-corrected chi connectivity index (χ1v) is 6.51. The zero-order valence-electron chi connectivity index (χ0n) is 8.77. The van der Waals surface area contributed by atoms with Crippen LogP contribution in [-0.2, 0) is 6.42 Å². The third-order valence-corrected chi connectivity index (χ3v) is 3.49. The minimum Gasteiger partial charge on any atom is -0.207 e. The molecule has 0 amide bonds. The average molecular weight is 294 g/mol. The van der Waals surface area contributed by atoms with E-state index in [-0.39, 0.29) is 5.82 Å². The van der Waals surface area contributed by atoms with Crippen molar-refractivity contribution in [3.05, 3.63) is 34.6 Å². The molecule has 0 radical (unpaired) electrons. The third kappa shape index (κ3) is 4.52. The Labute approximate surface area is 104 Å². The van der Waals surface area contributed by atoms with Gasteiger partial charge in [-0.15, -0.1) is 0 Å². The van der Waals surface area contributed by atoms with Crippen LogP contribution in [0.2, 0.25) is 5.02 Å². The SMILES string of the molecule is CCCC(Br)CCc1cc(Cl)ccc1F. The summed E-state index contributed by atoms with van der Waals surface area (Å²) < 4.78 is 13.3. The summed E-state index contributed by atoms with van der Waals surface area (Å²) in [5, 5.41) is 0.605. The summed E-state index contributed by atoms with van der Waals surface area (Å²) in [6, 6.07) is 4.72. The summed E-state index contributed by atoms with van der Waals surface area (Å²) in [5.74, 6) is -0.157. The lowest BCUT2D eigenvalue weighted by Gasteiger charge is -2.08. The fraction of sp³-hybridized carbons (Fsp3) is 0.500. The molecule has 0 aliphatic rings. The van der Waals surface area contributed by atoms with Gasteiger partial charge in [0.1, 0.15) is 5.82 Å². The van der Waals surface area contributed by atoms with Gasteiger partial charge in [0, 0.05) is 9.85 Å². The maximum Gasteiger partial charge on any atom is 0.126 e. The van der Waals surface area contributed by atoms with Gasteiger partial charge in [0.15, 0.2) is 0 Å². The number of halogens is 3. The van der Waals surface area contributed by atoms with E-state index in [1.165, 1.54) is 6.07 Å². The van der Waals surface area contributed by atoms with Crippen LogP contribution in [0.1, 0.15) is 31.7 Å². The highest BCUT2D eigenvalue weighted by Gasteiger charge is 2.07. The molecule has 0 N–H and O–H groups in total. The second-order valence-corrected chi connectivity index (χ2v) is 5.39. The van der Waals surface area contributed by atoms with Crippen LogP contribution >= 0.6 is 27.5 Å². The Hall–Kier alpha value is -0.0800. The van der Waals surface area contributed by atoms with E-state index in [0.717, 1.165) is 25.7 Å². The summed E-state index contributed by atoms with van der Waals surface area (Å²) in [7, 11) is 0. The van der Waals surface area contributed by atoms with Gasteiger partial charge in [-0.3, -0.25) is 0 Å². The van der Waals surface area contributed by atoms with Crippen LogP contribution in [-0.4, -0.2) is 4.83 Å².